The molecule has 0 aromatic heterocycles. The number of amides is 2. The molecule has 8 saturated carbocycles. The zero-order valence-corrected chi connectivity index (χ0v) is 21.3. The highest BCUT2D eigenvalue weighted by molar-refractivity contribution is 5.74. The number of carbonyl (C=O) groups excluding carboxylic acids is 2. The van der Waals surface area contributed by atoms with Crippen molar-refractivity contribution in [1.82, 2.24) is 10.6 Å². The maximum absolute atomic E-state index is 12.4. The average Bonchev–Trinajstić information content (AvgIpc) is 2.44. The normalized spacial score (nSPS) is 59.3. The van der Waals surface area contributed by atoms with E-state index in [1.165, 1.54) is 38.5 Å². The zero-order chi connectivity index (χ0) is 23.1. The van der Waals surface area contributed by atoms with Gasteiger partial charge in [-0.05, 0) is 110 Å². The minimum Gasteiger partial charge on any atom is -0.351 e. The fourth-order valence-corrected chi connectivity index (χ4v) is 13.5. The molecule has 4 heteroatoms. The summed E-state index contributed by atoms with van der Waals surface area (Å²) in [5, 5.41) is 7.09. The smallest absolute Gasteiger partial charge is 0.217 e. The molecule has 4 atom stereocenters. The molecule has 2 N–H and O–H groups in total. The maximum atomic E-state index is 12.4. The number of nitrogens with one attached hydrogen (secondary N) is 2. The second-order valence-corrected chi connectivity index (χ2v) is 15.8. The van der Waals surface area contributed by atoms with Crippen molar-refractivity contribution < 1.29 is 9.59 Å². The summed E-state index contributed by atoms with van der Waals surface area (Å²) in [6.45, 7) is 13.6. The van der Waals surface area contributed by atoms with Crippen LogP contribution in [0.25, 0.3) is 0 Å². The van der Waals surface area contributed by atoms with Crippen LogP contribution in [-0.4, -0.2) is 22.9 Å². The van der Waals surface area contributed by atoms with Gasteiger partial charge in [0.2, 0.25) is 11.8 Å². The van der Waals surface area contributed by atoms with Gasteiger partial charge in [-0.3, -0.25) is 9.59 Å². The van der Waals surface area contributed by atoms with Gasteiger partial charge in [-0.25, -0.2) is 0 Å². The first-order valence-corrected chi connectivity index (χ1v) is 13.1. The molecule has 8 aliphatic rings. The van der Waals surface area contributed by atoms with Crippen molar-refractivity contribution in [2.24, 2.45) is 32.5 Å². The number of carbonyl (C=O) groups is 2. The molecule has 0 heterocycles. The zero-order valence-electron chi connectivity index (χ0n) is 21.3. The van der Waals surface area contributed by atoms with Crippen molar-refractivity contribution in [3.63, 3.8) is 0 Å². The molecule has 8 bridgehead atoms. The van der Waals surface area contributed by atoms with E-state index in [0.29, 0.717) is 21.7 Å². The van der Waals surface area contributed by atoms with E-state index in [1.54, 1.807) is 13.8 Å². The van der Waals surface area contributed by atoms with Gasteiger partial charge < -0.3 is 10.6 Å². The van der Waals surface area contributed by atoms with Crippen LogP contribution in [0.2, 0.25) is 0 Å². The van der Waals surface area contributed by atoms with E-state index in [1.807, 2.05) is 0 Å². The number of hydrogen-bond donors (Lipinski definition) is 2. The summed E-state index contributed by atoms with van der Waals surface area (Å²) < 4.78 is 0. The largest absolute Gasteiger partial charge is 0.351 e. The van der Waals surface area contributed by atoms with Gasteiger partial charge in [0.25, 0.3) is 0 Å². The second-order valence-electron chi connectivity index (χ2n) is 15.8. The van der Waals surface area contributed by atoms with Crippen molar-refractivity contribution in [2.45, 2.75) is 130 Å². The summed E-state index contributed by atoms with van der Waals surface area (Å²) in [7, 11) is 0. The van der Waals surface area contributed by atoms with Crippen LogP contribution >= 0.6 is 0 Å². The van der Waals surface area contributed by atoms with Crippen LogP contribution in [0.4, 0.5) is 0 Å². The second kappa shape index (κ2) is 5.60. The standard InChI is InChI=1S/C28H44N2O2/c1-19(31)29-27-13-21(3)7-22(4,14-27)10-25(9-21,17-27)26-11-23(5)8-24(6,12-26)16-28(15-23,18-26)30-20(2)32/h7-18H2,1-6H3,(H,29,31)(H,30,32). The van der Waals surface area contributed by atoms with Crippen LogP contribution in [-0.2, 0) is 9.59 Å². The fraction of sp³-hybridized carbons (Fsp3) is 0.929. The van der Waals surface area contributed by atoms with Crippen molar-refractivity contribution in [3.8, 4) is 0 Å². The maximum Gasteiger partial charge on any atom is 0.217 e. The van der Waals surface area contributed by atoms with Crippen LogP contribution in [0.5, 0.6) is 0 Å². The number of hydrogen-bond acceptors (Lipinski definition) is 2. The summed E-state index contributed by atoms with van der Waals surface area (Å²) in [4.78, 5) is 24.8. The van der Waals surface area contributed by atoms with E-state index >= 15 is 0 Å². The lowest BCUT2D eigenvalue weighted by Crippen LogP contribution is -2.76. The Bertz CT molecular complexity index is 810. The van der Waals surface area contributed by atoms with Gasteiger partial charge >= 0.3 is 0 Å². The summed E-state index contributed by atoms with van der Waals surface area (Å²) in [5.74, 6) is 0.293. The Morgan fingerprint density at radius 1 is 0.469 bits per heavy atom. The lowest BCUT2D eigenvalue weighted by atomic mass is 9.27. The molecular formula is C28H44N2O2. The summed E-state index contributed by atoms with van der Waals surface area (Å²) in [5.41, 5.74) is 1.77. The Kier molecular flexibility index (Phi) is 3.75. The first-order chi connectivity index (χ1) is 14.6. The van der Waals surface area contributed by atoms with E-state index in [0.717, 1.165) is 38.5 Å². The molecule has 8 fully saturated rings. The van der Waals surface area contributed by atoms with Gasteiger partial charge in [0.15, 0.2) is 0 Å². The molecule has 4 nitrogen and oxygen atoms in total. The molecule has 0 aromatic carbocycles. The van der Waals surface area contributed by atoms with Crippen LogP contribution in [0.15, 0.2) is 0 Å². The highest BCUT2D eigenvalue weighted by Gasteiger charge is 2.76. The third-order valence-electron chi connectivity index (χ3n) is 11.2. The molecule has 0 radical (unpaired) electrons. The molecule has 0 saturated heterocycles. The lowest BCUT2D eigenvalue weighted by molar-refractivity contribution is -0.277. The van der Waals surface area contributed by atoms with Crippen LogP contribution in [0.1, 0.15) is 119 Å². The van der Waals surface area contributed by atoms with Gasteiger partial charge in [0.05, 0.1) is 0 Å². The van der Waals surface area contributed by atoms with Crippen molar-refractivity contribution in [1.29, 1.82) is 0 Å². The molecule has 0 aromatic rings. The van der Waals surface area contributed by atoms with E-state index < -0.39 is 0 Å². The quantitative estimate of drug-likeness (QED) is 0.609. The molecular weight excluding hydrogens is 396 g/mol. The SMILES string of the molecule is CC(=O)NC12CC3(C)CC(C)(C1)CC(C14CC5(C)CC(C)(CC(NC(C)=O)(C5)C1)C4)(C3)C2. The minimum absolute atomic E-state index is 0.0314. The lowest BCUT2D eigenvalue weighted by Gasteiger charge is -2.79. The van der Waals surface area contributed by atoms with Crippen molar-refractivity contribution in [3.05, 3.63) is 0 Å². The molecule has 4 unspecified atom stereocenters. The fourth-order valence-electron chi connectivity index (χ4n) is 13.5. The molecule has 2 amide bonds. The van der Waals surface area contributed by atoms with Gasteiger partial charge in [-0.15, -0.1) is 0 Å². The van der Waals surface area contributed by atoms with Gasteiger partial charge in [-0.2, -0.15) is 0 Å². The van der Waals surface area contributed by atoms with E-state index in [2.05, 4.69) is 38.3 Å². The molecule has 8 aliphatic carbocycles. The molecule has 178 valence electrons. The van der Waals surface area contributed by atoms with Gasteiger partial charge in [0.1, 0.15) is 0 Å². The first kappa shape index (κ1) is 21.5. The first-order valence-electron chi connectivity index (χ1n) is 13.1. The Morgan fingerprint density at radius 2 is 0.750 bits per heavy atom. The Balaban J connectivity index is 1.50. The van der Waals surface area contributed by atoms with E-state index in [-0.39, 0.29) is 33.7 Å². The predicted octanol–water partition coefficient (Wildman–Crippen LogP) is 5.50. The van der Waals surface area contributed by atoms with Gasteiger partial charge in [-0.1, -0.05) is 27.7 Å². The predicted molar refractivity (Wildman–Crippen MR) is 126 cm³/mol. The molecule has 8 rings (SSSR count). The Hall–Kier alpha value is -1.06. The minimum atomic E-state index is -0.0314. The molecule has 32 heavy (non-hydrogen) atoms. The molecule has 0 spiro atoms. The van der Waals surface area contributed by atoms with Crippen LogP contribution in [0, 0.1) is 32.5 Å². The van der Waals surface area contributed by atoms with Gasteiger partial charge in [0, 0.05) is 24.9 Å². The summed E-state index contributed by atoms with van der Waals surface area (Å²) in [6.07, 6.45) is 14.8. The van der Waals surface area contributed by atoms with E-state index in [9.17, 15) is 9.59 Å². The van der Waals surface area contributed by atoms with Crippen LogP contribution in [0.3, 0.4) is 0 Å². The molecule has 0 aliphatic heterocycles. The van der Waals surface area contributed by atoms with Crippen LogP contribution < -0.4 is 10.6 Å². The third-order valence-corrected chi connectivity index (χ3v) is 11.2. The highest BCUT2D eigenvalue weighted by atomic mass is 16.2. The average molecular weight is 441 g/mol. The third kappa shape index (κ3) is 2.79. The Morgan fingerprint density at radius 3 is 1.00 bits per heavy atom. The highest BCUT2D eigenvalue weighted by Crippen LogP contribution is 2.82. The summed E-state index contributed by atoms with van der Waals surface area (Å²) >= 11 is 0. The van der Waals surface area contributed by atoms with Crippen molar-refractivity contribution in [2.75, 3.05) is 0 Å². The number of rotatable bonds is 3. The van der Waals surface area contributed by atoms with Crippen molar-refractivity contribution >= 4 is 11.8 Å². The topological polar surface area (TPSA) is 58.2 Å². The Labute approximate surface area is 194 Å². The van der Waals surface area contributed by atoms with E-state index in [4.69, 9.17) is 0 Å². The summed E-state index contributed by atoms with van der Waals surface area (Å²) in [6, 6.07) is 0. The monoisotopic (exact) mass is 440 g/mol.